The Balaban J connectivity index is 1.54. The number of hydrogen-bond donors (Lipinski definition) is 2. The molecule has 0 saturated carbocycles. The standard InChI is InChI=1S/C19H19Cl2NO2/c20-14-7-8-16(17(21)10-14)18(23)11-22-19(24)9-13-6-5-12-3-1-2-4-15(12)13/h1-4,7-8,10,13,18,23H,5-6,9,11H2,(H,22,24). The Morgan fingerprint density at radius 1 is 1.25 bits per heavy atom. The zero-order valence-corrected chi connectivity index (χ0v) is 14.6. The van der Waals surface area contributed by atoms with Gasteiger partial charge in [0.1, 0.15) is 0 Å². The third-order valence-corrected chi connectivity index (χ3v) is 5.07. The number of hydrogen-bond acceptors (Lipinski definition) is 2. The highest BCUT2D eigenvalue weighted by Crippen LogP contribution is 2.35. The fourth-order valence-electron chi connectivity index (χ4n) is 3.25. The summed E-state index contributed by atoms with van der Waals surface area (Å²) < 4.78 is 0. The van der Waals surface area contributed by atoms with Crippen LogP contribution in [0.3, 0.4) is 0 Å². The fraction of sp³-hybridized carbons (Fsp3) is 0.316. The third-order valence-electron chi connectivity index (χ3n) is 4.50. The summed E-state index contributed by atoms with van der Waals surface area (Å²) in [5, 5.41) is 13.9. The van der Waals surface area contributed by atoms with E-state index in [1.165, 1.54) is 11.1 Å². The number of carbonyl (C=O) groups is 1. The van der Waals surface area contributed by atoms with Gasteiger partial charge < -0.3 is 10.4 Å². The molecule has 0 aromatic heterocycles. The van der Waals surface area contributed by atoms with Crippen LogP contribution in [-0.2, 0) is 11.2 Å². The van der Waals surface area contributed by atoms with E-state index in [-0.39, 0.29) is 18.4 Å². The van der Waals surface area contributed by atoms with Crippen molar-refractivity contribution in [2.45, 2.75) is 31.3 Å². The van der Waals surface area contributed by atoms with Crippen molar-refractivity contribution >= 4 is 29.1 Å². The van der Waals surface area contributed by atoms with Gasteiger partial charge in [0.05, 0.1) is 6.10 Å². The summed E-state index contributed by atoms with van der Waals surface area (Å²) >= 11 is 11.9. The number of aliphatic hydroxyl groups is 1. The minimum Gasteiger partial charge on any atom is -0.387 e. The lowest BCUT2D eigenvalue weighted by Gasteiger charge is -2.16. The van der Waals surface area contributed by atoms with E-state index in [2.05, 4.69) is 17.4 Å². The number of fused-ring (bicyclic) bond motifs is 1. The van der Waals surface area contributed by atoms with Gasteiger partial charge in [-0.05, 0) is 42.0 Å². The highest BCUT2D eigenvalue weighted by molar-refractivity contribution is 6.35. The molecule has 2 N–H and O–H groups in total. The van der Waals surface area contributed by atoms with Crippen LogP contribution in [0, 0.1) is 0 Å². The molecule has 126 valence electrons. The van der Waals surface area contributed by atoms with Gasteiger partial charge in [-0.2, -0.15) is 0 Å². The highest BCUT2D eigenvalue weighted by atomic mass is 35.5. The van der Waals surface area contributed by atoms with Crippen molar-refractivity contribution in [2.75, 3.05) is 6.54 Å². The van der Waals surface area contributed by atoms with E-state index in [0.29, 0.717) is 22.0 Å². The van der Waals surface area contributed by atoms with Crippen molar-refractivity contribution < 1.29 is 9.90 Å². The number of nitrogens with one attached hydrogen (secondary N) is 1. The monoisotopic (exact) mass is 363 g/mol. The van der Waals surface area contributed by atoms with Crippen molar-refractivity contribution in [3.05, 3.63) is 69.2 Å². The molecule has 1 aliphatic rings. The molecule has 2 atom stereocenters. The van der Waals surface area contributed by atoms with Crippen LogP contribution in [-0.4, -0.2) is 17.6 Å². The van der Waals surface area contributed by atoms with Crippen LogP contribution in [0.15, 0.2) is 42.5 Å². The molecule has 0 fully saturated rings. The lowest BCUT2D eigenvalue weighted by molar-refractivity contribution is -0.121. The normalized spacial score (nSPS) is 17.4. The summed E-state index contributed by atoms with van der Waals surface area (Å²) in [6.45, 7) is 0.133. The maximum Gasteiger partial charge on any atom is 0.220 e. The Hall–Kier alpha value is -1.55. The summed E-state index contributed by atoms with van der Waals surface area (Å²) in [4.78, 5) is 12.2. The Labute approximate surface area is 151 Å². The van der Waals surface area contributed by atoms with E-state index in [1.807, 2.05) is 12.1 Å². The van der Waals surface area contributed by atoms with Crippen molar-refractivity contribution in [3.63, 3.8) is 0 Å². The largest absolute Gasteiger partial charge is 0.387 e. The van der Waals surface area contributed by atoms with E-state index in [4.69, 9.17) is 23.2 Å². The first-order valence-electron chi connectivity index (χ1n) is 8.02. The van der Waals surface area contributed by atoms with Crippen LogP contribution in [0.2, 0.25) is 10.0 Å². The number of carbonyl (C=O) groups excluding carboxylic acids is 1. The predicted molar refractivity (Wildman–Crippen MR) is 96.6 cm³/mol. The average molecular weight is 364 g/mol. The second kappa shape index (κ2) is 7.56. The van der Waals surface area contributed by atoms with Crippen LogP contribution in [0.5, 0.6) is 0 Å². The second-order valence-electron chi connectivity index (χ2n) is 6.12. The molecule has 0 saturated heterocycles. The van der Waals surface area contributed by atoms with Gasteiger partial charge in [0, 0.05) is 28.6 Å². The smallest absolute Gasteiger partial charge is 0.220 e. The summed E-state index contributed by atoms with van der Waals surface area (Å²) in [6, 6.07) is 13.2. The lowest BCUT2D eigenvalue weighted by atomic mass is 9.97. The van der Waals surface area contributed by atoms with Gasteiger partial charge in [0.15, 0.2) is 0 Å². The van der Waals surface area contributed by atoms with E-state index in [9.17, 15) is 9.90 Å². The molecule has 2 aromatic rings. The van der Waals surface area contributed by atoms with E-state index in [1.54, 1.807) is 18.2 Å². The van der Waals surface area contributed by atoms with Gasteiger partial charge in [-0.15, -0.1) is 0 Å². The van der Waals surface area contributed by atoms with Crippen molar-refractivity contribution in [3.8, 4) is 0 Å². The summed E-state index contributed by atoms with van der Waals surface area (Å²) in [5.41, 5.74) is 3.17. The molecular formula is C19H19Cl2NO2. The summed E-state index contributed by atoms with van der Waals surface area (Å²) in [7, 11) is 0. The van der Waals surface area contributed by atoms with E-state index >= 15 is 0 Å². The molecule has 3 rings (SSSR count). The van der Waals surface area contributed by atoms with Gasteiger partial charge in [-0.1, -0.05) is 53.5 Å². The molecular weight excluding hydrogens is 345 g/mol. The Morgan fingerprint density at radius 3 is 2.83 bits per heavy atom. The molecule has 0 heterocycles. The molecule has 1 amide bonds. The molecule has 0 radical (unpaired) electrons. The first-order valence-corrected chi connectivity index (χ1v) is 8.77. The first kappa shape index (κ1) is 17.3. The summed E-state index contributed by atoms with van der Waals surface area (Å²) in [5.74, 6) is 0.207. The maximum absolute atomic E-state index is 12.2. The van der Waals surface area contributed by atoms with Crippen LogP contribution in [0.25, 0.3) is 0 Å². The molecule has 0 bridgehead atoms. The topological polar surface area (TPSA) is 49.3 Å². The third kappa shape index (κ3) is 3.92. The van der Waals surface area contributed by atoms with Gasteiger partial charge in [-0.25, -0.2) is 0 Å². The number of rotatable bonds is 5. The van der Waals surface area contributed by atoms with Crippen LogP contribution < -0.4 is 5.32 Å². The lowest BCUT2D eigenvalue weighted by Crippen LogP contribution is -2.29. The maximum atomic E-state index is 12.2. The molecule has 0 spiro atoms. The van der Waals surface area contributed by atoms with Crippen molar-refractivity contribution in [1.29, 1.82) is 0 Å². The Bertz CT molecular complexity index is 748. The van der Waals surface area contributed by atoms with Crippen molar-refractivity contribution in [2.24, 2.45) is 0 Å². The molecule has 24 heavy (non-hydrogen) atoms. The molecule has 1 aliphatic carbocycles. The van der Waals surface area contributed by atoms with Gasteiger partial charge in [0.2, 0.25) is 5.91 Å². The second-order valence-corrected chi connectivity index (χ2v) is 6.97. The van der Waals surface area contributed by atoms with E-state index in [0.717, 1.165) is 12.8 Å². The number of amides is 1. The highest BCUT2D eigenvalue weighted by Gasteiger charge is 2.24. The quantitative estimate of drug-likeness (QED) is 0.833. The molecule has 2 unspecified atom stereocenters. The number of aliphatic hydroxyl groups excluding tert-OH is 1. The van der Waals surface area contributed by atoms with Crippen LogP contribution in [0.4, 0.5) is 0 Å². The van der Waals surface area contributed by atoms with Gasteiger partial charge in [-0.3, -0.25) is 4.79 Å². The molecule has 5 heteroatoms. The minimum atomic E-state index is -0.852. The minimum absolute atomic E-state index is 0.0548. The Kier molecular flexibility index (Phi) is 5.44. The number of halogens is 2. The van der Waals surface area contributed by atoms with Gasteiger partial charge in [0.25, 0.3) is 0 Å². The summed E-state index contributed by atoms with van der Waals surface area (Å²) in [6.07, 6.45) is 1.61. The molecule has 2 aromatic carbocycles. The fourth-order valence-corrected chi connectivity index (χ4v) is 3.78. The first-order chi connectivity index (χ1) is 11.5. The zero-order chi connectivity index (χ0) is 17.1. The number of benzene rings is 2. The van der Waals surface area contributed by atoms with Gasteiger partial charge >= 0.3 is 0 Å². The SMILES string of the molecule is O=C(CC1CCc2ccccc21)NCC(O)c1ccc(Cl)cc1Cl. The van der Waals surface area contributed by atoms with Crippen LogP contribution >= 0.6 is 23.2 Å². The predicted octanol–water partition coefficient (Wildman–Crippen LogP) is 4.26. The van der Waals surface area contributed by atoms with Crippen LogP contribution in [0.1, 0.15) is 41.6 Å². The molecule has 0 aliphatic heterocycles. The van der Waals surface area contributed by atoms with E-state index < -0.39 is 6.10 Å². The Morgan fingerprint density at radius 2 is 2.04 bits per heavy atom. The number of aryl methyl sites for hydroxylation is 1. The zero-order valence-electron chi connectivity index (χ0n) is 13.1. The average Bonchev–Trinajstić information content (AvgIpc) is 2.96. The molecule has 3 nitrogen and oxygen atoms in total. The van der Waals surface area contributed by atoms with Crippen molar-refractivity contribution in [1.82, 2.24) is 5.32 Å².